The summed E-state index contributed by atoms with van der Waals surface area (Å²) >= 11 is 4.58. The van der Waals surface area contributed by atoms with Gasteiger partial charge in [0.05, 0.1) is 12.9 Å². The van der Waals surface area contributed by atoms with E-state index in [1.807, 2.05) is 25.1 Å². The van der Waals surface area contributed by atoms with Gasteiger partial charge in [-0.3, -0.25) is 4.79 Å². The third-order valence-electron chi connectivity index (χ3n) is 2.78. The number of amides is 1. The van der Waals surface area contributed by atoms with Gasteiger partial charge in [-0.25, -0.2) is 0 Å². The third-order valence-corrected chi connectivity index (χ3v) is 6.04. The molecule has 23 heavy (non-hydrogen) atoms. The van der Waals surface area contributed by atoms with Crippen LogP contribution in [0.4, 0.5) is 0 Å². The van der Waals surface area contributed by atoms with Crippen LogP contribution in [0.1, 0.15) is 18.9 Å². The van der Waals surface area contributed by atoms with Crippen molar-refractivity contribution in [3.63, 3.8) is 0 Å². The summed E-state index contributed by atoms with van der Waals surface area (Å²) in [5.41, 5.74) is 1.18. The second kappa shape index (κ2) is 9.79. The zero-order valence-electron chi connectivity index (χ0n) is 13.1. The fraction of sp³-hybridized carbons (Fsp3) is 0.400. The minimum atomic E-state index is 0.0395. The van der Waals surface area contributed by atoms with Gasteiger partial charge in [-0.1, -0.05) is 53.9 Å². The molecule has 0 aliphatic carbocycles. The number of ether oxygens (including phenoxy) is 1. The number of thioether (sulfide) groups is 2. The van der Waals surface area contributed by atoms with E-state index < -0.39 is 0 Å². The molecule has 1 N–H and O–H groups in total. The summed E-state index contributed by atoms with van der Waals surface area (Å²) in [5.74, 6) is 2.09. The van der Waals surface area contributed by atoms with Crippen molar-refractivity contribution in [3.8, 4) is 5.75 Å². The molecule has 1 aromatic heterocycles. The second-order valence-electron chi connectivity index (χ2n) is 4.61. The first-order valence-corrected chi connectivity index (χ1v) is 9.98. The van der Waals surface area contributed by atoms with Gasteiger partial charge in [0.25, 0.3) is 0 Å². The van der Waals surface area contributed by atoms with Gasteiger partial charge in [0.1, 0.15) is 5.75 Å². The predicted octanol–water partition coefficient (Wildman–Crippen LogP) is 3.46. The molecule has 0 unspecified atom stereocenters. The Morgan fingerprint density at radius 3 is 2.83 bits per heavy atom. The molecular weight excluding hydrogens is 350 g/mol. The minimum absolute atomic E-state index is 0.0395. The highest BCUT2D eigenvalue weighted by Crippen LogP contribution is 2.31. The molecule has 0 bridgehead atoms. The molecule has 0 radical (unpaired) electrons. The highest BCUT2D eigenvalue weighted by molar-refractivity contribution is 8.03. The summed E-state index contributed by atoms with van der Waals surface area (Å²) in [6, 6.07) is 7.98. The van der Waals surface area contributed by atoms with Crippen molar-refractivity contribution >= 4 is 40.8 Å². The molecule has 0 aliphatic heterocycles. The van der Waals surface area contributed by atoms with Crippen molar-refractivity contribution in [1.29, 1.82) is 0 Å². The first kappa shape index (κ1) is 18.1. The summed E-state index contributed by atoms with van der Waals surface area (Å²) in [6.45, 7) is 2.75. The molecule has 0 atom stereocenters. The second-order valence-corrected chi connectivity index (χ2v) is 8.04. The lowest BCUT2D eigenvalue weighted by atomic mass is 10.2. The number of methoxy groups -OCH3 is 1. The molecule has 8 heteroatoms. The Kier molecular flexibility index (Phi) is 7.70. The average molecular weight is 370 g/mol. The number of nitrogens with zero attached hydrogens (tertiary/aromatic N) is 2. The van der Waals surface area contributed by atoms with E-state index in [0.717, 1.165) is 33.1 Å². The Hall–Kier alpha value is -1.25. The Balaban J connectivity index is 1.79. The van der Waals surface area contributed by atoms with Crippen LogP contribution in [0.3, 0.4) is 0 Å². The van der Waals surface area contributed by atoms with Crippen molar-refractivity contribution in [2.45, 2.75) is 27.8 Å². The van der Waals surface area contributed by atoms with E-state index in [1.165, 1.54) is 28.7 Å². The van der Waals surface area contributed by atoms with Gasteiger partial charge >= 0.3 is 0 Å². The standard InChI is InChI=1S/C15H19N3O2S3/c1-3-7-16-13(19)10-22-15-18-17-14(23-15)21-9-11-5-4-6-12(8-11)20-2/h4-6,8H,3,7,9-10H2,1-2H3,(H,16,19). The SMILES string of the molecule is CCCNC(=O)CSc1nnc(SCc2cccc(OC)c2)s1. The smallest absolute Gasteiger partial charge is 0.230 e. The zero-order chi connectivity index (χ0) is 16.5. The number of benzene rings is 1. The van der Waals surface area contributed by atoms with E-state index in [1.54, 1.807) is 18.9 Å². The topological polar surface area (TPSA) is 64.1 Å². The first-order valence-electron chi connectivity index (χ1n) is 7.20. The molecular formula is C15H19N3O2S3. The van der Waals surface area contributed by atoms with E-state index in [9.17, 15) is 4.79 Å². The number of rotatable bonds is 9. The van der Waals surface area contributed by atoms with E-state index in [-0.39, 0.29) is 5.91 Å². The quantitative estimate of drug-likeness (QED) is 0.683. The molecule has 5 nitrogen and oxygen atoms in total. The number of hydrogen-bond acceptors (Lipinski definition) is 7. The van der Waals surface area contributed by atoms with Crippen molar-refractivity contribution in [2.24, 2.45) is 0 Å². The lowest BCUT2D eigenvalue weighted by molar-refractivity contribution is -0.118. The molecule has 0 saturated heterocycles. The highest BCUT2D eigenvalue weighted by atomic mass is 32.2. The normalized spacial score (nSPS) is 10.5. The molecule has 1 aromatic carbocycles. The Labute approximate surface area is 148 Å². The Bertz CT molecular complexity index is 634. The fourth-order valence-electron chi connectivity index (χ4n) is 1.66. The number of aromatic nitrogens is 2. The van der Waals surface area contributed by atoms with E-state index >= 15 is 0 Å². The first-order chi connectivity index (χ1) is 11.2. The number of nitrogens with one attached hydrogen (secondary N) is 1. The van der Waals surface area contributed by atoms with Crippen LogP contribution >= 0.6 is 34.9 Å². The van der Waals surface area contributed by atoms with Gasteiger partial charge in [0.2, 0.25) is 5.91 Å². The van der Waals surface area contributed by atoms with Crippen LogP contribution in [-0.2, 0) is 10.5 Å². The van der Waals surface area contributed by atoms with Gasteiger partial charge in [-0.05, 0) is 24.1 Å². The van der Waals surface area contributed by atoms with E-state index in [4.69, 9.17) is 4.74 Å². The molecule has 124 valence electrons. The van der Waals surface area contributed by atoms with Gasteiger partial charge < -0.3 is 10.1 Å². The maximum atomic E-state index is 11.6. The molecule has 0 fully saturated rings. The number of carbonyl (C=O) groups is 1. The van der Waals surface area contributed by atoms with Gasteiger partial charge in [0.15, 0.2) is 8.68 Å². The molecule has 0 aliphatic rings. The maximum Gasteiger partial charge on any atom is 0.230 e. The summed E-state index contributed by atoms with van der Waals surface area (Å²) in [6.07, 6.45) is 0.945. The van der Waals surface area contributed by atoms with Crippen LogP contribution in [0, 0.1) is 0 Å². The molecule has 1 heterocycles. The van der Waals surface area contributed by atoms with E-state index in [0.29, 0.717) is 5.75 Å². The highest BCUT2D eigenvalue weighted by Gasteiger charge is 2.08. The average Bonchev–Trinajstić information content (AvgIpc) is 3.04. The molecule has 2 rings (SSSR count). The lowest BCUT2D eigenvalue weighted by Gasteiger charge is -2.02. The fourth-order valence-corrected chi connectivity index (χ4v) is 4.46. The van der Waals surface area contributed by atoms with E-state index in [2.05, 4.69) is 21.6 Å². The van der Waals surface area contributed by atoms with Gasteiger partial charge in [-0.2, -0.15) is 0 Å². The zero-order valence-corrected chi connectivity index (χ0v) is 15.5. The predicted molar refractivity (Wildman–Crippen MR) is 96.5 cm³/mol. The summed E-state index contributed by atoms with van der Waals surface area (Å²) in [7, 11) is 1.66. The van der Waals surface area contributed by atoms with Crippen molar-refractivity contribution in [3.05, 3.63) is 29.8 Å². The minimum Gasteiger partial charge on any atom is -0.497 e. The maximum absolute atomic E-state index is 11.6. The lowest BCUT2D eigenvalue weighted by Crippen LogP contribution is -2.25. The third kappa shape index (κ3) is 6.40. The number of hydrogen-bond donors (Lipinski definition) is 1. The summed E-state index contributed by atoms with van der Waals surface area (Å²) in [4.78, 5) is 11.6. The van der Waals surface area contributed by atoms with Gasteiger partial charge in [-0.15, -0.1) is 10.2 Å². The van der Waals surface area contributed by atoms with Crippen LogP contribution in [-0.4, -0.2) is 35.5 Å². The van der Waals surface area contributed by atoms with Crippen molar-refractivity contribution in [1.82, 2.24) is 15.5 Å². The molecule has 0 spiro atoms. The monoisotopic (exact) mass is 369 g/mol. The largest absolute Gasteiger partial charge is 0.497 e. The van der Waals surface area contributed by atoms with Crippen LogP contribution in [0.5, 0.6) is 5.75 Å². The number of carbonyl (C=O) groups excluding carboxylic acids is 1. The summed E-state index contributed by atoms with van der Waals surface area (Å²) < 4.78 is 6.95. The molecule has 2 aromatic rings. The molecule has 1 amide bonds. The van der Waals surface area contributed by atoms with Crippen LogP contribution < -0.4 is 10.1 Å². The Morgan fingerprint density at radius 2 is 2.09 bits per heavy atom. The Morgan fingerprint density at radius 1 is 1.30 bits per heavy atom. The van der Waals surface area contributed by atoms with Crippen LogP contribution in [0.15, 0.2) is 32.9 Å². The van der Waals surface area contributed by atoms with Crippen molar-refractivity contribution < 1.29 is 9.53 Å². The van der Waals surface area contributed by atoms with Crippen LogP contribution in [0.2, 0.25) is 0 Å². The molecule has 0 saturated carbocycles. The van der Waals surface area contributed by atoms with Crippen molar-refractivity contribution in [2.75, 3.05) is 19.4 Å². The van der Waals surface area contributed by atoms with Crippen LogP contribution in [0.25, 0.3) is 0 Å². The van der Waals surface area contributed by atoms with Gasteiger partial charge in [0, 0.05) is 12.3 Å². The summed E-state index contributed by atoms with van der Waals surface area (Å²) in [5, 5.41) is 11.1.